The first-order valence-corrected chi connectivity index (χ1v) is 7.73. The number of anilines is 1. The van der Waals surface area contributed by atoms with Gasteiger partial charge in [-0.25, -0.2) is 0 Å². The minimum absolute atomic E-state index is 0.110. The van der Waals surface area contributed by atoms with E-state index >= 15 is 0 Å². The van der Waals surface area contributed by atoms with Gasteiger partial charge in [-0.2, -0.15) is 0 Å². The highest BCUT2D eigenvalue weighted by atomic mass is 127. The molecule has 4 N–H and O–H groups in total. The average Bonchev–Trinajstić information content (AvgIpc) is 2.46. The van der Waals surface area contributed by atoms with Crippen LogP contribution in [-0.4, -0.2) is 11.0 Å². The fourth-order valence-electron chi connectivity index (χ4n) is 1.93. The molecule has 0 radical (unpaired) electrons. The first-order valence-electron chi connectivity index (χ1n) is 6.27. The number of aryl methyl sites for hydroxylation is 1. The van der Waals surface area contributed by atoms with Crippen molar-refractivity contribution in [3.63, 3.8) is 0 Å². The number of benzene rings is 2. The largest absolute Gasteiger partial charge is 0.409 e. The molecule has 0 bridgehead atoms. The van der Waals surface area contributed by atoms with Crippen molar-refractivity contribution >= 4 is 45.7 Å². The zero-order chi connectivity index (χ0) is 15.4. The normalized spacial score (nSPS) is 11.5. The monoisotopic (exact) mass is 415 g/mol. The minimum atomic E-state index is 0.110. The van der Waals surface area contributed by atoms with Crippen LogP contribution >= 0.6 is 34.2 Å². The Balaban J connectivity index is 2.13. The Labute approximate surface area is 142 Å². The Morgan fingerprint density at radius 3 is 2.71 bits per heavy atom. The second-order valence-corrected chi connectivity index (χ2v) is 6.26. The highest BCUT2D eigenvalue weighted by molar-refractivity contribution is 14.1. The molecular formula is C15H15ClIN3O. The number of hydrogen-bond donors (Lipinski definition) is 3. The van der Waals surface area contributed by atoms with Gasteiger partial charge in [0.05, 0.1) is 10.7 Å². The molecule has 110 valence electrons. The average molecular weight is 416 g/mol. The Kier molecular flexibility index (Phi) is 5.30. The molecule has 2 aromatic rings. The van der Waals surface area contributed by atoms with Gasteiger partial charge in [-0.15, -0.1) is 0 Å². The molecule has 21 heavy (non-hydrogen) atoms. The Bertz CT molecular complexity index is 689. The van der Waals surface area contributed by atoms with E-state index in [1.807, 2.05) is 43.3 Å². The van der Waals surface area contributed by atoms with Crippen LogP contribution in [0.4, 0.5) is 5.69 Å². The second-order valence-electron chi connectivity index (χ2n) is 4.60. The number of amidine groups is 1. The summed E-state index contributed by atoms with van der Waals surface area (Å²) in [5, 5.41) is 15.7. The maximum Gasteiger partial charge on any atom is 0.170 e. The maximum absolute atomic E-state index is 8.69. The van der Waals surface area contributed by atoms with Crippen molar-refractivity contribution in [2.75, 3.05) is 5.32 Å². The van der Waals surface area contributed by atoms with Crippen molar-refractivity contribution in [2.45, 2.75) is 13.5 Å². The molecule has 0 aliphatic rings. The van der Waals surface area contributed by atoms with E-state index in [9.17, 15) is 0 Å². The molecule has 0 aliphatic carbocycles. The van der Waals surface area contributed by atoms with E-state index in [1.165, 1.54) is 0 Å². The van der Waals surface area contributed by atoms with Gasteiger partial charge in [0.2, 0.25) is 0 Å². The smallest absolute Gasteiger partial charge is 0.170 e. The summed E-state index contributed by atoms with van der Waals surface area (Å²) in [6.45, 7) is 2.64. The predicted octanol–water partition coefficient (Wildman–Crippen LogP) is 3.96. The van der Waals surface area contributed by atoms with Crippen molar-refractivity contribution in [3.05, 3.63) is 61.7 Å². The topological polar surface area (TPSA) is 70.6 Å². The third-order valence-corrected chi connectivity index (χ3v) is 4.13. The molecule has 0 saturated carbocycles. The fraction of sp³-hybridized carbons (Fsp3) is 0.133. The molecule has 0 aromatic heterocycles. The van der Waals surface area contributed by atoms with Crippen LogP contribution in [0.3, 0.4) is 0 Å². The minimum Gasteiger partial charge on any atom is -0.409 e. The van der Waals surface area contributed by atoms with Gasteiger partial charge >= 0.3 is 0 Å². The van der Waals surface area contributed by atoms with Gasteiger partial charge in [-0.1, -0.05) is 28.9 Å². The number of halogens is 2. The molecule has 0 unspecified atom stereocenters. The van der Waals surface area contributed by atoms with Crippen molar-refractivity contribution in [1.82, 2.24) is 0 Å². The van der Waals surface area contributed by atoms with Crippen LogP contribution < -0.4 is 11.1 Å². The number of rotatable bonds is 4. The van der Waals surface area contributed by atoms with E-state index in [-0.39, 0.29) is 5.84 Å². The summed E-state index contributed by atoms with van der Waals surface area (Å²) in [6.07, 6.45) is 0. The molecule has 2 rings (SSSR count). The highest BCUT2D eigenvalue weighted by Gasteiger charge is 2.05. The molecule has 4 nitrogen and oxygen atoms in total. The Hall–Kier alpha value is -1.47. The van der Waals surface area contributed by atoms with E-state index in [4.69, 9.17) is 22.5 Å². The standard InChI is InChI=1S/C15H15ClIN3O/c1-9-6-10(15(18)20-21)2-3-11(9)8-19-14-5-4-12(17)7-13(14)16/h2-7,19,21H,8H2,1H3,(H2,18,20). The second kappa shape index (κ2) is 7.00. The third-order valence-electron chi connectivity index (χ3n) is 3.15. The van der Waals surface area contributed by atoms with Gasteiger partial charge < -0.3 is 16.3 Å². The number of nitrogens with two attached hydrogens (primary N) is 1. The lowest BCUT2D eigenvalue weighted by Gasteiger charge is -2.12. The Morgan fingerprint density at radius 2 is 2.10 bits per heavy atom. The number of oxime groups is 1. The summed E-state index contributed by atoms with van der Waals surface area (Å²) >= 11 is 8.42. The lowest BCUT2D eigenvalue weighted by Crippen LogP contribution is -2.13. The van der Waals surface area contributed by atoms with Crippen molar-refractivity contribution < 1.29 is 5.21 Å². The molecule has 0 heterocycles. The van der Waals surface area contributed by atoms with E-state index < -0.39 is 0 Å². The summed E-state index contributed by atoms with van der Waals surface area (Å²) in [5.74, 6) is 0.110. The number of hydrogen-bond acceptors (Lipinski definition) is 3. The first kappa shape index (κ1) is 15.9. The van der Waals surface area contributed by atoms with Crippen LogP contribution in [0.25, 0.3) is 0 Å². The third kappa shape index (κ3) is 4.01. The van der Waals surface area contributed by atoms with E-state index in [2.05, 4.69) is 33.1 Å². The molecule has 0 fully saturated rings. The highest BCUT2D eigenvalue weighted by Crippen LogP contribution is 2.24. The van der Waals surface area contributed by atoms with Crippen molar-refractivity contribution in [2.24, 2.45) is 10.9 Å². The van der Waals surface area contributed by atoms with Crippen LogP contribution in [0, 0.1) is 10.5 Å². The van der Waals surface area contributed by atoms with E-state index in [1.54, 1.807) is 0 Å². The molecule has 0 aliphatic heterocycles. The molecule has 0 amide bonds. The van der Waals surface area contributed by atoms with E-state index in [0.29, 0.717) is 17.1 Å². The van der Waals surface area contributed by atoms with Gasteiger partial charge in [0.1, 0.15) is 0 Å². The first-order chi connectivity index (χ1) is 10.0. The van der Waals surface area contributed by atoms with Gasteiger partial charge in [-0.05, 0) is 64.9 Å². The Morgan fingerprint density at radius 1 is 1.33 bits per heavy atom. The van der Waals surface area contributed by atoms with Crippen LogP contribution in [0.15, 0.2) is 41.6 Å². The van der Waals surface area contributed by atoms with Crippen LogP contribution in [0.2, 0.25) is 5.02 Å². The van der Waals surface area contributed by atoms with Crippen LogP contribution in [0.1, 0.15) is 16.7 Å². The molecule has 0 atom stereocenters. The maximum atomic E-state index is 8.69. The van der Waals surface area contributed by atoms with E-state index in [0.717, 1.165) is 20.4 Å². The molecular weight excluding hydrogens is 401 g/mol. The van der Waals surface area contributed by atoms with Crippen molar-refractivity contribution in [3.8, 4) is 0 Å². The summed E-state index contributed by atoms with van der Waals surface area (Å²) in [5.41, 5.74) is 9.37. The zero-order valence-corrected chi connectivity index (χ0v) is 14.3. The summed E-state index contributed by atoms with van der Waals surface area (Å²) in [7, 11) is 0. The molecule has 0 saturated heterocycles. The van der Waals surface area contributed by atoms with Crippen LogP contribution in [-0.2, 0) is 6.54 Å². The van der Waals surface area contributed by atoms with Gasteiger partial charge in [-0.3, -0.25) is 0 Å². The lowest BCUT2D eigenvalue weighted by molar-refractivity contribution is 0.318. The quantitative estimate of drug-likeness (QED) is 0.233. The summed E-state index contributed by atoms with van der Waals surface area (Å²) in [4.78, 5) is 0. The van der Waals surface area contributed by atoms with Gasteiger partial charge in [0, 0.05) is 15.7 Å². The van der Waals surface area contributed by atoms with Crippen molar-refractivity contribution in [1.29, 1.82) is 0 Å². The molecule has 6 heteroatoms. The number of nitrogens with one attached hydrogen (secondary N) is 1. The number of nitrogens with zero attached hydrogens (tertiary/aromatic N) is 1. The SMILES string of the molecule is Cc1cc(/C(N)=N/O)ccc1CNc1ccc(I)cc1Cl. The molecule has 0 spiro atoms. The fourth-order valence-corrected chi connectivity index (χ4v) is 2.86. The van der Waals surface area contributed by atoms with Crippen LogP contribution in [0.5, 0.6) is 0 Å². The van der Waals surface area contributed by atoms with Gasteiger partial charge in [0.25, 0.3) is 0 Å². The van der Waals surface area contributed by atoms with Gasteiger partial charge in [0.15, 0.2) is 5.84 Å². The predicted molar refractivity (Wildman–Crippen MR) is 95.2 cm³/mol. The molecule has 2 aromatic carbocycles. The zero-order valence-electron chi connectivity index (χ0n) is 11.4. The summed E-state index contributed by atoms with van der Waals surface area (Å²) < 4.78 is 1.10. The lowest BCUT2D eigenvalue weighted by atomic mass is 10.0. The summed E-state index contributed by atoms with van der Waals surface area (Å²) in [6, 6.07) is 11.6.